The van der Waals surface area contributed by atoms with E-state index in [9.17, 15) is 9.59 Å². The Morgan fingerprint density at radius 3 is 2.65 bits per heavy atom. The molecule has 1 aromatic rings. The summed E-state index contributed by atoms with van der Waals surface area (Å²) in [5.41, 5.74) is 1.34. The highest BCUT2D eigenvalue weighted by molar-refractivity contribution is 6.31. The Labute approximate surface area is 122 Å². The molecular weight excluding hydrogens is 280 g/mol. The third-order valence-electron chi connectivity index (χ3n) is 3.02. The van der Waals surface area contributed by atoms with Gasteiger partial charge in [-0.2, -0.15) is 0 Å². The Hall–Kier alpha value is -1.75. The predicted octanol–water partition coefficient (Wildman–Crippen LogP) is 2.26. The topological polar surface area (TPSA) is 67.4 Å². The van der Waals surface area contributed by atoms with Crippen molar-refractivity contribution < 1.29 is 14.3 Å². The maximum absolute atomic E-state index is 11.8. The fourth-order valence-corrected chi connectivity index (χ4v) is 1.93. The van der Waals surface area contributed by atoms with Crippen LogP contribution in [-0.2, 0) is 9.59 Å². The summed E-state index contributed by atoms with van der Waals surface area (Å²) in [5.74, 6) is -0.158. The van der Waals surface area contributed by atoms with Gasteiger partial charge in [0.25, 0.3) is 0 Å². The number of benzene rings is 1. The second-order valence-electron chi connectivity index (χ2n) is 4.87. The van der Waals surface area contributed by atoms with Gasteiger partial charge in [0.05, 0.1) is 12.8 Å². The summed E-state index contributed by atoms with van der Waals surface area (Å²) < 4.78 is 5.16. The van der Waals surface area contributed by atoms with E-state index >= 15 is 0 Å². The molecule has 0 aliphatic heterocycles. The van der Waals surface area contributed by atoms with Crippen LogP contribution in [0.5, 0.6) is 5.75 Å². The number of halogens is 1. The number of carbonyl (C=O) groups excluding carboxylic acids is 2. The number of carbonyl (C=O) groups is 2. The van der Waals surface area contributed by atoms with Crippen molar-refractivity contribution in [2.75, 3.05) is 12.4 Å². The molecule has 1 aromatic carbocycles. The molecule has 5 nitrogen and oxygen atoms in total. The van der Waals surface area contributed by atoms with E-state index in [-0.39, 0.29) is 24.3 Å². The predicted molar refractivity (Wildman–Crippen MR) is 77.2 cm³/mol. The van der Waals surface area contributed by atoms with E-state index in [1.807, 2.05) is 6.92 Å². The Balaban J connectivity index is 1.99. The molecule has 1 aliphatic carbocycles. The smallest absolute Gasteiger partial charge is 0.233 e. The summed E-state index contributed by atoms with van der Waals surface area (Å²) in [6.45, 7) is 1.83. The number of aryl methyl sites for hydroxylation is 1. The molecule has 108 valence electrons. The van der Waals surface area contributed by atoms with Crippen molar-refractivity contribution in [1.82, 2.24) is 5.32 Å². The molecule has 2 rings (SSSR count). The van der Waals surface area contributed by atoms with Crippen LogP contribution in [0.2, 0.25) is 5.02 Å². The van der Waals surface area contributed by atoms with Crippen LogP contribution in [-0.4, -0.2) is 25.0 Å². The Bertz CT molecular complexity index is 541. The molecule has 1 aliphatic rings. The van der Waals surface area contributed by atoms with Crippen molar-refractivity contribution in [2.24, 2.45) is 0 Å². The van der Waals surface area contributed by atoms with E-state index in [0.717, 1.165) is 18.4 Å². The van der Waals surface area contributed by atoms with Gasteiger partial charge >= 0.3 is 0 Å². The number of rotatable bonds is 5. The maximum Gasteiger partial charge on any atom is 0.233 e. The van der Waals surface area contributed by atoms with Gasteiger partial charge in [0.2, 0.25) is 11.8 Å². The van der Waals surface area contributed by atoms with Crippen LogP contribution in [0, 0.1) is 6.92 Å². The van der Waals surface area contributed by atoms with Gasteiger partial charge in [0, 0.05) is 17.1 Å². The van der Waals surface area contributed by atoms with Crippen LogP contribution in [0.3, 0.4) is 0 Å². The first kappa shape index (κ1) is 14.7. The number of nitrogens with one attached hydrogen (secondary N) is 2. The number of ether oxygens (including phenoxy) is 1. The number of amides is 2. The molecule has 0 atom stereocenters. The highest BCUT2D eigenvalue weighted by Gasteiger charge is 2.24. The summed E-state index contributed by atoms with van der Waals surface area (Å²) in [4.78, 5) is 23.4. The molecule has 0 heterocycles. The molecule has 0 bridgehead atoms. The average molecular weight is 297 g/mol. The van der Waals surface area contributed by atoms with Crippen LogP contribution in [0.15, 0.2) is 12.1 Å². The SMILES string of the molecule is COc1cc(Cl)c(C)cc1NC(=O)CC(=O)NC1CC1. The van der Waals surface area contributed by atoms with Crippen molar-refractivity contribution in [3.8, 4) is 5.75 Å². The zero-order valence-corrected chi connectivity index (χ0v) is 12.2. The van der Waals surface area contributed by atoms with E-state index in [4.69, 9.17) is 16.3 Å². The molecule has 0 radical (unpaired) electrons. The lowest BCUT2D eigenvalue weighted by Gasteiger charge is -2.12. The van der Waals surface area contributed by atoms with Crippen LogP contribution in [0.25, 0.3) is 0 Å². The fraction of sp³-hybridized carbons (Fsp3) is 0.429. The minimum absolute atomic E-state index is 0.193. The van der Waals surface area contributed by atoms with Crippen LogP contribution in [0.1, 0.15) is 24.8 Å². The number of anilines is 1. The van der Waals surface area contributed by atoms with Crippen molar-refractivity contribution in [3.05, 3.63) is 22.7 Å². The third-order valence-corrected chi connectivity index (χ3v) is 3.43. The van der Waals surface area contributed by atoms with Gasteiger partial charge in [-0.25, -0.2) is 0 Å². The second kappa shape index (κ2) is 6.13. The lowest BCUT2D eigenvalue weighted by molar-refractivity contribution is -0.126. The zero-order chi connectivity index (χ0) is 14.7. The highest BCUT2D eigenvalue weighted by Crippen LogP contribution is 2.31. The molecule has 0 spiro atoms. The summed E-state index contributed by atoms with van der Waals surface area (Å²) >= 11 is 5.99. The third kappa shape index (κ3) is 3.87. The van der Waals surface area contributed by atoms with Crippen LogP contribution < -0.4 is 15.4 Å². The molecule has 0 saturated heterocycles. The molecule has 6 heteroatoms. The van der Waals surface area contributed by atoms with Crippen molar-refractivity contribution in [3.63, 3.8) is 0 Å². The number of methoxy groups -OCH3 is 1. The summed E-state index contributed by atoms with van der Waals surface area (Å²) in [7, 11) is 1.50. The second-order valence-corrected chi connectivity index (χ2v) is 5.28. The van der Waals surface area contributed by atoms with Crippen molar-refractivity contribution in [1.29, 1.82) is 0 Å². The largest absolute Gasteiger partial charge is 0.495 e. The summed E-state index contributed by atoms with van der Waals surface area (Å²) in [5, 5.41) is 6.00. The molecule has 1 fully saturated rings. The Kier molecular flexibility index (Phi) is 4.49. The lowest BCUT2D eigenvalue weighted by atomic mass is 10.2. The molecular formula is C14H17ClN2O3. The molecule has 1 saturated carbocycles. The first-order chi connectivity index (χ1) is 9.49. The summed E-state index contributed by atoms with van der Waals surface area (Å²) in [6, 6.07) is 3.61. The van der Waals surface area contributed by atoms with Gasteiger partial charge in [-0.15, -0.1) is 0 Å². The molecule has 2 amide bonds. The van der Waals surface area contributed by atoms with E-state index in [1.165, 1.54) is 7.11 Å². The Morgan fingerprint density at radius 2 is 2.05 bits per heavy atom. The van der Waals surface area contributed by atoms with E-state index < -0.39 is 0 Å². The van der Waals surface area contributed by atoms with Crippen molar-refractivity contribution in [2.45, 2.75) is 32.2 Å². The molecule has 20 heavy (non-hydrogen) atoms. The number of hydrogen-bond acceptors (Lipinski definition) is 3. The standard InChI is InChI=1S/C14H17ClN2O3/c1-8-5-11(12(20-2)6-10(8)15)17-14(19)7-13(18)16-9-3-4-9/h5-6,9H,3-4,7H2,1-2H3,(H,16,18)(H,17,19). The normalized spacial score (nSPS) is 13.8. The molecule has 0 aromatic heterocycles. The van der Waals surface area contributed by atoms with Crippen LogP contribution in [0.4, 0.5) is 5.69 Å². The zero-order valence-electron chi connectivity index (χ0n) is 11.5. The van der Waals surface area contributed by atoms with Gasteiger partial charge < -0.3 is 15.4 Å². The van der Waals surface area contributed by atoms with Crippen LogP contribution >= 0.6 is 11.6 Å². The minimum Gasteiger partial charge on any atom is -0.495 e. The van der Waals surface area contributed by atoms with Gasteiger partial charge in [-0.3, -0.25) is 9.59 Å². The van der Waals surface area contributed by atoms with Gasteiger partial charge in [0.1, 0.15) is 12.2 Å². The quantitative estimate of drug-likeness (QED) is 0.819. The Morgan fingerprint density at radius 1 is 1.35 bits per heavy atom. The van der Waals surface area contributed by atoms with Gasteiger partial charge in [0.15, 0.2) is 0 Å². The summed E-state index contributed by atoms with van der Waals surface area (Å²) in [6.07, 6.45) is 1.80. The first-order valence-electron chi connectivity index (χ1n) is 6.43. The van der Waals surface area contributed by atoms with E-state index in [2.05, 4.69) is 10.6 Å². The number of hydrogen-bond donors (Lipinski definition) is 2. The van der Waals surface area contributed by atoms with E-state index in [1.54, 1.807) is 12.1 Å². The fourth-order valence-electron chi connectivity index (χ4n) is 1.78. The average Bonchev–Trinajstić information content (AvgIpc) is 3.16. The maximum atomic E-state index is 11.8. The van der Waals surface area contributed by atoms with Gasteiger partial charge in [-0.1, -0.05) is 11.6 Å². The monoisotopic (exact) mass is 296 g/mol. The molecule has 2 N–H and O–H groups in total. The van der Waals surface area contributed by atoms with Crippen molar-refractivity contribution >= 4 is 29.1 Å². The first-order valence-corrected chi connectivity index (χ1v) is 6.80. The highest BCUT2D eigenvalue weighted by atomic mass is 35.5. The lowest BCUT2D eigenvalue weighted by Crippen LogP contribution is -2.29. The minimum atomic E-state index is -0.372. The van der Waals surface area contributed by atoms with E-state index in [0.29, 0.717) is 16.5 Å². The molecule has 0 unspecified atom stereocenters. The van der Waals surface area contributed by atoms with Gasteiger partial charge in [-0.05, 0) is 31.4 Å².